The summed E-state index contributed by atoms with van der Waals surface area (Å²) in [5, 5.41) is 2.71. The Kier molecular flexibility index (Phi) is 3.40. The van der Waals surface area contributed by atoms with Crippen LogP contribution in [0.15, 0.2) is 16.7 Å². The maximum atomic E-state index is 11.6. The summed E-state index contributed by atoms with van der Waals surface area (Å²) in [6, 6.07) is 3.55. The van der Waals surface area contributed by atoms with Gasteiger partial charge in [0.2, 0.25) is 0 Å². The number of halogens is 1. The van der Waals surface area contributed by atoms with Crippen LogP contribution in [0.1, 0.15) is 12.8 Å². The molecule has 0 saturated heterocycles. The molecule has 3 N–H and O–H groups in total. The Hall–Kier alpha value is -1.14. The minimum Gasteiger partial charge on any atom is -0.477 e. The predicted molar refractivity (Wildman–Crippen MR) is 63.3 cm³/mol. The predicted octanol–water partition coefficient (Wildman–Crippen LogP) is 1.28. The van der Waals surface area contributed by atoms with E-state index in [1.54, 1.807) is 12.1 Å². The number of hydrogen-bond donors (Lipinski definition) is 2. The average molecular weight is 286 g/mol. The first kappa shape index (κ1) is 11.3. The van der Waals surface area contributed by atoms with Gasteiger partial charge in [0, 0.05) is 0 Å². The maximum absolute atomic E-state index is 11.6. The molecular formula is C10H12BrN3O2. The van der Waals surface area contributed by atoms with Gasteiger partial charge in [0.1, 0.15) is 4.60 Å². The standard InChI is InChI=1S/C10H12BrN3O2/c11-8-4-3-6-9(13-8)14-10(15)7(16-6)2-1-5-12/h3-4,7H,1-2,5,12H2,(H,13,14,15). The molecule has 1 unspecified atom stereocenters. The summed E-state index contributed by atoms with van der Waals surface area (Å²) in [5.74, 6) is 0.903. The number of ether oxygens (including phenoxy) is 1. The second-order valence-corrected chi connectivity index (χ2v) is 4.32. The summed E-state index contributed by atoms with van der Waals surface area (Å²) < 4.78 is 6.21. The molecule has 1 atom stereocenters. The van der Waals surface area contributed by atoms with Crippen molar-refractivity contribution < 1.29 is 9.53 Å². The van der Waals surface area contributed by atoms with Crippen molar-refractivity contribution in [1.82, 2.24) is 4.98 Å². The number of nitrogens with one attached hydrogen (secondary N) is 1. The van der Waals surface area contributed by atoms with E-state index in [1.165, 1.54) is 0 Å². The number of pyridine rings is 1. The molecule has 1 aliphatic heterocycles. The fourth-order valence-corrected chi connectivity index (χ4v) is 1.81. The number of anilines is 1. The van der Waals surface area contributed by atoms with Crippen molar-refractivity contribution in [2.75, 3.05) is 11.9 Å². The molecule has 86 valence electrons. The highest BCUT2D eigenvalue weighted by molar-refractivity contribution is 9.10. The molecule has 5 nitrogen and oxygen atoms in total. The zero-order valence-electron chi connectivity index (χ0n) is 8.57. The zero-order chi connectivity index (χ0) is 11.5. The summed E-state index contributed by atoms with van der Waals surface area (Å²) in [5.41, 5.74) is 5.40. The second-order valence-electron chi connectivity index (χ2n) is 3.51. The third-order valence-corrected chi connectivity index (χ3v) is 2.74. The van der Waals surface area contributed by atoms with Crippen LogP contribution in [0.2, 0.25) is 0 Å². The Bertz CT molecular complexity index is 411. The number of nitrogens with two attached hydrogens (primary N) is 1. The van der Waals surface area contributed by atoms with E-state index in [-0.39, 0.29) is 5.91 Å². The van der Waals surface area contributed by atoms with Crippen LogP contribution in [0.4, 0.5) is 5.82 Å². The van der Waals surface area contributed by atoms with Crippen molar-refractivity contribution in [3.8, 4) is 5.75 Å². The first-order chi connectivity index (χ1) is 7.70. The number of aromatic nitrogens is 1. The Balaban J connectivity index is 2.15. The lowest BCUT2D eigenvalue weighted by molar-refractivity contribution is -0.123. The van der Waals surface area contributed by atoms with Gasteiger partial charge in [0.15, 0.2) is 17.7 Å². The molecule has 2 rings (SSSR count). The van der Waals surface area contributed by atoms with Gasteiger partial charge in [-0.3, -0.25) is 4.79 Å². The SMILES string of the molecule is NCCCC1Oc2ccc(Br)nc2NC1=O. The van der Waals surface area contributed by atoms with Crippen molar-refractivity contribution in [3.05, 3.63) is 16.7 Å². The molecule has 0 fully saturated rings. The molecule has 0 aliphatic carbocycles. The fraction of sp³-hybridized carbons (Fsp3) is 0.400. The highest BCUT2D eigenvalue weighted by atomic mass is 79.9. The molecule has 16 heavy (non-hydrogen) atoms. The largest absolute Gasteiger partial charge is 0.477 e. The van der Waals surface area contributed by atoms with Crippen molar-refractivity contribution in [3.63, 3.8) is 0 Å². The van der Waals surface area contributed by atoms with Gasteiger partial charge in [-0.2, -0.15) is 0 Å². The summed E-state index contributed by atoms with van der Waals surface area (Å²) in [6.45, 7) is 0.554. The summed E-state index contributed by atoms with van der Waals surface area (Å²) in [4.78, 5) is 15.8. The molecule has 1 aromatic rings. The van der Waals surface area contributed by atoms with Gasteiger partial charge >= 0.3 is 0 Å². The molecule has 0 radical (unpaired) electrons. The first-order valence-electron chi connectivity index (χ1n) is 5.05. The van der Waals surface area contributed by atoms with Crippen LogP contribution >= 0.6 is 15.9 Å². The van der Waals surface area contributed by atoms with Crippen LogP contribution in [-0.2, 0) is 4.79 Å². The molecule has 0 saturated carbocycles. The lowest BCUT2D eigenvalue weighted by Gasteiger charge is -2.24. The minimum absolute atomic E-state index is 0.161. The van der Waals surface area contributed by atoms with Crippen molar-refractivity contribution in [2.45, 2.75) is 18.9 Å². The van der Waals surface area contributed by atoms with Crippen LogP contribution in [0.5, 0.6) is 5.75 Å². The van der Waals surface area contributed by atoms with E-state index in [9.17, 15) is 4.79 Å². The molecule has 2 heterocycles. The van der Waals surface area contributed by atoms with Crippen LogP contribution in [-0.4, -0.2) is 23.5 Å². The number of fused-ring (bicyclic) bond motifs is 1. The highest BCUT2D eigenvalue weighted by Gasteiger charge is 2.27. The fourth-order valence-electron chi connectivity index (χ4n) is 1.50. The van der Waals surface area contributed by atoms with Gasteiger partial charge in [0.25, 0.3) is 5.91 Å². The van der Waals surface area contributed by atoms with E-state index in [0.29, 0.717) is 29.1 Å². The Labute approximate surface area is 102 Å². The number of carbonyl (C=O) groups excluding carboxylic acids is 1. The quantitative estimate of drug-likeness (QED) is 0.821. The lowest BCUT2D eigenvalue weighted by atomic mass is 10.1. The number of nitrogens with zero attached hydrogens (tertiary/aromatic N) is 1. The number of hydrogen-bond acceptors (Lipinski definition) is 4. The second kappa shape index (κ2) is 4.80. The Morgan fingerprint density at radius 1 is 1.56 bits per heavy atom. The highest BCUT2D eigenvalue weighted by Crippen LogP contribution is 2.29. The normalized spacial score (nSPS) is 18.6. The van der Waals surface area contributed by atoms with E-state index in [0.717, 1.165) is 6.42 Å². The first-order valence-corrected chi connectivity index (χ1v) is 5.84. The van der Waals surface area contributed by atoms with Gasteiger partial charge in [0.05, 0.1) is 0 Å². The van der Waals surface area contributed by atoms with Gasteiger partial charge < -0.3 is 15.8 Å². The van der Waals surface area contributed by atoms with E-state index in [2.05, 4.69) is 26.2 Å². The molecule has 1 aliphatic rings. The topological polar surface area (TPSA) is 77.2 Å². The minimum atomic E-state index is -0.459. The number of amides is 1. The van der Waals surface area contributed by atoms with E-state index in [4.69, 9.17) is 10.5 Å². The smallest absolute Gasteiger partial charge is 0.266 e. The summed E-state index contributed by atoms with van der Waals surface area (Å²) >= 11 is 3.23. The van der Waals surface area contributed by atoms with Crippen molar-refractivity contribution in [2.24, 2.45) is 5.73 Å². The lowest BCUT2D eigenvalue weighted by Crippen LogP contribution is -2.37. The molecule has 1 amide bonds. The van der Waals surface area contributed by atoms with Gasteiger partial charge in [-0.25, -0.2) is 4.98 Å². The third kappa shape index (κ3) is 2.33. The van der Waals surface area contributed by atoms with Gasteiger partial charge in [-0.1, -0.05) is 0 Å². The molecular weight excluding hydrogens is 274 g/mol. The average Bonchev–Trinajstić information content (AvgIpc) is 2.26. The van der Waals surface area contributed by atoms with Crippen LogP contribution in [0, 0.1) is 0 Å². The zero-order valence-corrected chi connectivity index (χ0v) is 10.2. The maximum Gasteiger partial charge on any atom is 0.266 e. The molecule has 0 spiro atoms. The molecule has 6 heteroatoms. The van der Waals surface area contributed by atoms with Gasteiger partial charge in [-0.05, 0) is 47.4 Å². The number of rotatable bonds is 3. The van der Waals surface area contributed by atoms with Crippen molar-refractivity contribution in [1.29, 1.82) is 0 Å². The van der Waals surface area contributed by atoms with Crippen LogP contribution < -0.4 is 15.8 Å². The molecule has 0 bridgehead atoms. The molecule has 0 aromatic carbocycles. The van der Waals surface area contributed by atoms with Crippen LogP contribution in [0.3, 0.4) is 0 Å². The van der Waals surface area contributed by atoms with E-state index < -0.39 is 6.10 Å². The van der Waals surface area contributed by atoms with Crippen molar-refractivity contribution >= 4 is 27.7 Å². The van der Waals surface area contributed by atoms with Crippen LogP contribution in [0.25, 0.3) is 0 Å². The van der Waals surface area contributed by atoms with E-state index in [1.807, 2.05) is 0 Å². The van der Waals surface area contributed by atoms with Gasteiger partial charge in [-0.15, -0.1) is 0 Å². The number of carbonyl (C=O) groups is 1. The summed E-state index contributed by atoms with van der Waals surface area (Å²) in [6.07, 6.45) is 0.925. The van der Waals surface area contributed by atoms with E-state index >= 15 is 0 Å². The third-order valence-electron chi connectivity index (χ3n) is 2.30. The molecule has 1 aromatic heterocycles. The monoisotopic (exact) mass is 285 g/mol. The Morgan fingerprint density at radius 2 is 2.38 bits per heavy atom. The Morgan fingerprint density at radius 3 is 3.12 bits per heavy atom. The summed E-state index contributed by atoms with van der Waals surface area (Å²) in [7, 11) is 0.